The molecule has 1 rings (SSSR count). The number of carbonyl (C=O) groups excluding carboxylic acids is 1. The van der Waals surface area contributed by atoms with Crippen molar-refractivity contribution in [2.45, 2.75) is 32.1 Å². The van der Waals surface area contributed by atoms with Gasteiger partial charge < -0.3 is 0 Å². The van der Waals surface area contributed by atoms with E-state index in [0.29, 0.717) is 0 Å². The van der Waals surface area contributed by atoms with Gasteiger partial charge in [-0.15, -0.1) is 0 Å². The van der Waals surface area contributed by atoms with Gasteiger partial charge in [-0.2, -0.15) is 0 Å². The fraction of sp³-hybridized carbons (Fsp3) is 0.857. The van der Waals surface area contributed by atoms with Crippen molar-refractivity contribution in [1.29, 1.82) is 0 Å². The van der Waals surface area contributed by atoms with Crippen molar-refractivity contribution in [2.24, 2.45) is 5.92 Å². The van der Waals surface area contributed by atoms with Crippen LogP contribution in [0.3, 0.4) is 0 Å². The average molecular weight is 143 g/mol. The van der Waals surface area contributed by atoms with Crippen LogP contribution < -0.4 is 0 Å². The molecule has 1 saturated carbocycles. The molecule has 2 heteroatoms. The topological polar surface area (TPSA) is 17.1 Å². The Labute approximate surface area is 61.2 Å². The normalized spacial score (nSPS) is 21.8. The minimum absolute atomic E-state index is 0.0188. The molecule has 9 heavy (non-hydrogen) atoms. The van der Waals surface area contributed by atoms with E-state index in [-0.39, 0.29) is 11.0 Å². The molecule has 1 fully saturated rings. The molecule has 0 aliphatic heterocycles. The van der Waals surface area contributed by atoms with Crippen LogP contribution in [0.1, 0.15) is 32.1 Å². The maximum Gasteiger partial charge on any atom is 0.221 e. The maximum absolute atomic E-state index is 10.6. The zero-order valence-corrected chi connectivity index (χ0v) is 6.25. The van der Waals surface area contributed by atoms with Crippen molar-refractivity contribution in [3.05, 3.63) is 0 Å². The van der Waals surface area contributed by atoms with Crippen molar-refractivity contribution in [1.82, 2.24) is 0 Å². The predicted molar refractivity (Wildman–Crippen MR) is 39.2 cm³/mol. The molecule has 51 valence electrons. The predicted octanol–water partition coefficient (Wildman–Crippen LogP) is 2.29. The summed E-state index contributed by atoms with van der Waals surface area (Å²) in [7, 11) is 0. The Morgan fingerprint density at radius 3 is 2.11 bits per heavy atom. The van der Waals surface area contributed by atoms with Crippen LogP contribution >= 0.6 is 12.6 Å². The monoisotopic (exact) mass is 143 g/mol. The van der Waals surface area contributed by atoms with Crippen LogP contribution in [0.25, 0.3) is 0 Å². The van der Waals surface area contributed by atoms with Crippen molar-refractivity contribution < 1.29 is 4.79 Å². The van der Waals surface area contributed by atoms with E-state index in [4.69, 9.17) is 0 Å². The Morgan fingerprint density at radius 2 is 1.78 bits per heavy atom. The third-order valence-corrected chi connectivity index (χ3v) is 2.27. The Bertz CT molecular complexity index is 105. The molecule has 1 radical (unpaired) electrons. The maximum atomic E-state index is 10.6. The Morgan fingerprint density at radius 1 is 1.22 bits per heavy atom. The first kappa shape index (κ1) is 7.00. The molecule has 0 unspecified atom stereocenters. The average Bonchev–Trinajstić information content (AvgIpc) is 1.90. The molecule has 1 aliphatic carbocycles. The summed E-state index contributed by atoms with van der Waals surface area (Å²) in [6, 6.07) is 0. The van der Waals surface area contributed by atoms with Gasteiger partial charge in [-0.1, -0.05) is 19.3 Å². The van der Waals surface area contributed by atoms with E-state index < -0.39 is 0 Å². The first-order valence-corrected chi connectivity index (χ1v) is 3.92. The fourth-order valence-corrected chi connectivity index (χ4v) is 1.57. The summed E-state index contributed by atoms with van der Waals surface area (Å²) in [5, 5.41) is -0.0188. The van der Waals surface area contributed by atoms with E-state index in [2.05, 4.69) is 12.6 Å². The molecule has 0 saturated heterocycles. The van der Waals surface area contributed by atoms with E-state index in [1.807, 2.05) is 0 Å². The summed E-state index contributed by atoms with van der Waals surface area (Å²) in [6.45, 7) is 0. The van der Waals surface area contributed by atoms with Gasteiger partial charge >= 0.3 is 0 Å². The molecule has 0 aromatic heterocycles. The second-order valence-corrected chi connectivity index (χ2v) is 3.06. The minimum atomic E-state index is -0.0188. The first-order chi connectivity index (χ1) is 4.30. The zero-order valence-electron chi connectivity index (χ0n) is 5.43. The lowest BCUT2D eigenvalue weighted by molar-refractivity contribution is -0.115. The molecule has 0 amide bonds. The summed E-state index contributed by atoms with van der Waals surface area (Å²) in [6.07, 6.45) is 5.78. The van der Waals surface area contributed by atoms with Crippen LogP contribution in [0.5, 0.6) is 0 Å². The smallest absolute Gasteiger partial charge is 0.221 e. The van der Waals surface area contributed by atoms with Gasteiger partial charge in [-0.3, -0.25) is 4.79 Å². The molecule has 0 spiro atoms. The lowest BCUT2D eigenvalue weighted by atomic mass is 9.90. The molecule has 0 atom stereocenters. The third-order valence-electron chi connectivity index (χ3n) is 1.94. The van der Waals surface area contributed by atoms with Crippen LogP contribution in [0, 0.1) is 5.92 Å². The number of carbonyl (C=O) groups is 1. The van der Waals surface area contributed by atoms with Crippen LogP contribution in [0.15, 0.2) is 0 Å². The highest BCUT2D eigenvalue weighted by molar-refractivity contribution is 7.96. The van der Waals surface area contributed by atoms with Gasteiger partial charge in [0.1, 0.15) is 0 Å². The van der Waals surface area contributed by atoms with Gasteiger partial charge in [0.15, 0.2) is 0 Å². The summed E-state index contributed by atoms with van der Waals surface area (Å²) in [5.41, 5.74) is 0. The number of hydrogen-bond donors (Lipinski definition) is 0. The number of rotatable bonds is 1. The molecule has 0 bridgehead atoms. The van der Waals surface area contributed by atoms with E-state index in [1.54, 1.807) is 0 Å². The van der Waals surface area contributed by atoms with Crippen molar-refractivity contribution >= 4 is 17.7 Å². The molecule has 1 aliphatic rings. The van der Waals surface area contributed by atoms with Gasteiger partial charge in [0, 0.05) is 5.92 Å². The van der Waals surface area contributed by atoms with Gasteiger partial charge in [-0.25, -0.2) is 0 Å². The van der Waals surface area contributed by atoms with Crippen molar-refractivity contribution in [3.8, 4) is 0 Å². The van der Waals surface area contributed by atoms with Crippen LogP contribution in [-0.2, 0) is 4.79 Å². The summed E-state index contributed by atoms with van der Waals surface area (Å²) in [5.74, 6) is 0.230. The Kier molecular flexibility index (Phi) is 2.46. The van der Waals surface area contributed by atoms with Crippen LogP contribution in [0.2, 0.25) is 0 Å². The zero-order chi connectivity index (χ0) is 6.69. The largest absolute Gasteiger partial charge is 0.282 e. The molecular formula is C7H11OS. The summed E-state index contributed by atoms with van der Waals surface area (Å²) in [4.78, 5) is 10.6. The van der Waals surface area contributed by atoms with E-state index in [9.17, 15) is 4.79 Å². The molecular weight excluding hydrogens is 132 g/mol. The SMILES string of the molecule is O=C([S])C1CCCCC1. The molecule has 0 aromatic carbocycles. The molecule has 0 N–H and O–H groups in total. The Hall–Kier alpha value is -0.110. The van der Waals surface area contributed by atoms with Crippen LogP contribution in [0.4, 0.5) is 0 Å². The standard InChI is InChI=1S/C7H11OS/c8-7(9)6-4-2-1-3-5-6/h6H,1-5H2. The van der Waals surface area contributed by atoms with E-state index in [0.717, 1.165) is 12.8 Å². The minimum Gasteiger partial charge on any atom is -0.282 e. The van der Waals surface area contributed by atoms with Crippen LogP contribution in [-0.4, -0.2) is 5.12 Å². The third kappa shape index (κ3) is 1.94. The molecule has 0 heterocycles. The van der Waals surface area contributed by atoms with Crippen molar-refractivity contribution in [3.63, 3.8) is 0 Å². The van der Waals surface area contributed by atoms with Gasteiger partial charge in [-0.05, 0) is 25.5 Å². The lowest BCUT2D eigenvalue weighted by Gasteiger charge is -2.16. The lowest BCUT2D eigenvalue weighted by Crippen LogP contribution is -2.12. The first-order valence-electron chi connectivity index (χ1n) is 3.51. The number of hydrogen-bond acceptors (Lipinski definition) is 1. The molecule has 1 nitrogen and oxygen atoms in total. The second kappa shape index (κ2) is 3.16. The van der Waals surface area contributed by atoms with E-state index >= 15 is 0 Å². The highest BCUT2D eigenvalue weighted by atomic mass is 32.1. The van der Waals surface area contributed by atoms with Gasteiger partial charge in [0.05, 0.1) is 0 Å². The Balaban J connectivity index is 2.31. The van der Waals surface area contributed by atoms with E-state index in [1.165, 1.54) is 19.3 Å². The highest BCUT2D eigenvalue weighted by Gasteiger charge is 2.18. The quantitative estimate of drug-likeness (QED) is 0.550. The van der Waals surface area contributed by atoms with Crippen molar-refractivity contribution in [2.75, 3.05) is 0 Å². The highest BCUT2D eigenvalue weighted by Crippen LogP contribution is 2.24. The van der Waals surface area contributed by atoms with Gasteiger partial charge in [0.2, 0.25) is 5.12 Å². The molecule has 0 aromatic rings. The van der Waals surface area contributed by atoms with Gasteiger partial charge in [0.25, 0.3) is 0 Å². The fourth-order valence-electron chi connectivity index (χ4n) is 1.34. The summed E-state index contributed by atoms with van der Waals surface area (Å²) >= 11 is 4.56. The second-order valence-electron chi connectivity index (χ2n) is 2.65. The summed E-state index contributed by atoms with van der Waals surface area (Å²) < 4.78 is 0.